The highest BCUT2D eigenvalue weighted by Gasteiger charge is 2.22. The van der Waals surface area contributed by atoms with Gasteiger partial charge in [0.1, 0.15) is 11.6 Å². The molecule has 0 radical (unpaired) electrons. The molecule has 3 rings (SSSR count). The van der Waals surface area contributed by atoms with Gasteiger partial charge in [0, 0.05) is 24.2 Å². The molecule has 0 spiro atoms. The molecule has 2 aromatic rings. The molecule has 0 saturated carbocycles. The van der Waals surface area contributed by atoms with Gasteiger partial charge in [-0.15, -0.1) is 0 Å². The Morgan fingerprint density at radius 3 is 2.65 bits per heavy atom. The molecule has 1 aliphatic heterocycles. The van der Waals surface area contributed by atoms with Crippen LogP contribution in [0.4, 0.5) is 10.2 Å². The zero-order chi connectivity index (χ0) is 14.1. The van der Waals surface area contributed by atoms with Crippen LogP contribution in [-0.4, -0.2) is 22.6 Å². The predicted molar refractivity (Wildman–Crippen MR) is 78.5 cm³/mol. The van der Waals surface area contributed by atoms with Crippen molar-refractivity contribution in [1.82, 2.24) is 9.97 Å². The van der Waals surface area contributed by atoms with Gasteiger partial charge < -0.3 is 4.90 Å². The SMILES string of the molecule is CC1CCCN1c1cc(-c2ccc(F)cc2)nc(Cl)n1. The number of benzene rings is 1. The summed E-state index contributed by atoms with van der Waals surface area (Å²) in [6.45, 7) is 3.16. The third-order valence-electron chi connectivity index (χ3n) is 3.67. The number of hydrogen-bond donors (Lipinski definition) is 0. The highest BCUT2D eigenvalue weighted by molar-refractivity contribution is 6.28. The second-order valence-corrected chi connectivity index (χ2v) is 5.41. The van der Waals surface area contributed by atoms with Gasteiger partial charge in [0.15, 0.2) is 0 Å². The minimum atomic E-state index is -0.262. The van der Waals surface area contributed by atoms with E-state index in [1.54, 1.807) is 12.1 Å². The number of aromatic nitrogens is 2. The van der Waals surface area contributed by atoms with Gasteiger partial charge in [-0.05, 0) is 55.6 Å². The summed E-state index contributed by atoms with van der Waals surface area (Å²) in [5.74, 6) is 0.580. The first-order valence-electron chi connectivity index (χ1n) is 6.70. The largest absolute Gasteiger partial charge is 0.354 e. The Balaban J connectivity index is 2.00. The lowest BCUT2D eigenvalue weighted by atomic mass is 10.1. The molecule has 20 heavy (non-hydrogen) atoms. The van der Waals surface area contributed by atoms with Gasteiger partial charge in [-0.3, -0.25) is 0 Å². The Morgan fingerprint density at radius 1 is 1.25 bits per heavy atom. The summed E-state index contributed by atoms with van der Waals surface area (Å²) in [6.07, 6.45) is 2.32. The van der Waals surface area contributed by atoms with E-state index in [1.807, 2.05) is 6.07 Å². The molecule has 3 nitrogen and oxygen atoms in total. The van der Waals surface area contributed by atoms with Gasteiger partial charge in [0.25, 0.3) is 0 Å². The van der Waals surface area contributed by atoms with Crippen molar-refractivity contribution in [3.8, 4) is 11.3 Å². The Kier molecular flexibility index (Phi) is 3.57. The third kappa shape index (κ3) is 2.61. The summed E-state index contributed by atoms with van der Waals surface area (Å²) in [7, 11) is 0. The second kappa shape index (κ2) is 5.37. The van der Waals surface area contributed by atoms with E-state index in [0.717, 1.165) is 36.5 Å². The molecule has 1 aromatic carbocycles. The fourth-order valence-corrected chi connectivity index (χ4v) is 2.77. The van der Waals surface area contributed by atoms with Crippen LogP contribution in [0.25, 0.3) is 11.3 Å². The van der Waals surface area contributed by atoms with Crippen LogP contribution in [0.15, 0.2) is 30.3 Å². The summed E-state index contributed by atoms with van der Waals surface area (Å²) >= 11 is 6.03. The van der Waals surface area contributed by atoms with Gasteiger partial charge in [-0.1, -0.05) is 0 Å². The molecule has 5 heteroatoms. The highest BCUT2D eigenvalue weighted by atomic mass is 35.5. The van der Waals surface area contributed by atoms with Crippen molar-refractivity contribution >= 4 is 17.4 Å². The summed E-state index contributed by atoms with van der Waals surface area (Å²) in [4.78, 5) is 10.8. The van der Waals surface area contributed by atoms with Crippen molar-refractivity contribution in [1.29, 1.82) is 0 Å². The minimum Gasteiger partial charge on any atom is -0.354 e. The quantitative estimate of drug-likeness (QED) is 0.785. The number of nitrogens with zero attached hydrogens (tertiary/aromatic N) is 3. The van der Waals surface area contributed by atoms with Crippen LogP contribution in [0.1, 0.15) is 19.8 Å². The maximum absolute atomic E-state index is 13.0. The first kappa shape index (κ1) is 13.3. The van der Waals surface area contributed by atoms with Crippen molar-refractivity contribution in [2.24, 2.45) is 0 Å². The summed E-state index contributed by atoms with van der Waals surface area (Å²) in [5, 5.41) is 0.223. The van der Waals surface area contributed by atoms with Crippen LogP contribution in [-0.2, 0) is 0 Å². The molecule has 1 aromatic heterocycles. The van der Waals surface area contributed by atoms with Gasteiger partial charge in [-0.25, -0.2) is 14.4 Å². The fourth-order valence-electron chi connectivity index (χ4n) is 2.60. The molecule has 0 aliphatic carbocycles. The Bertz CT molecular complexity index is 615. The summed E-state index contributed by atoms with van der Waals surface area (Å²) in [5.41, 5.74) is 1.56. The van der Waals surface area contributed by atoms with Crippen LogP contribution in [0.3, 0.4) is 0 Å². The molecule has 0 amide bonds. The van der Waals surface area contributed by atoms with Crippen LogP contribution in [0, 0.1) is 5.82 Å². The monoisotopic (exact) mass is 291 g/mol. The molecule has 2 heterocycles. The molecule has 104 valence electrons. The van der Waals surface area contributed by atoms with E-state index in [0.29, 0.717) is 6.04 Å². The van der Waals surface area contributed by atoms with Crippen molar-refractivity contribution in [3.05, 3.63) is 41.4 Å². The van der Waals surface area contributed by atoms with Gasteiger partial charge in [-0.2, -0.15) is 0 Å². The third-order valence-corrected chi connectivity index (χ3v) is 3.84. The molecule has 1 saturated heterocycles. The van der Waals surface area contributed by atoms with Crippen molar-refractivity contribution < 1.29 is 4.39 Å². The van der Waals surface area contributed by atoms with Crippen LogP contribution in [0.2, 0.25) is 5.28 Å². The van der Waals surface area contributed by atoms with E-state index in [2.05, 4.69) is 21.8 Å². The average molecular weight is 292 g/mol. The number of anilines is 1. The Labute approximate surface area is 122 Å². The molecular formula is C15H15ClFN3. The second-order valence-electron chi connectivity index (χ2n) is 5.07. The molecule has 0 bridgehead atoms. The zero-order valence-electron chi connectivity index (χ0n) is 11.2. The molecule has 0 N–H and O–H groups in total. The first-order valence-corrected chi connectivity index (χ1v) is 7.08. The van der Waals surface area contributed by atoms with E-state index in [4.69, 9.17) is 11.6 Å². The van der Waals surface area contributed by atoms with E-state index >= 15 is 0 Å². The maximum atomic E-state index is 13.0. The molecule has 1 aliphatic rings. The van der Waals surface area contributed by atoms with E-state index < -0.39 is 0 Å². The Hall–Kier alpha value is -1.68. The molecule has 1 fully saturated rings. The van der Waals surface area contributed by atoms with Crippen molar-refractivity contribution in [2.45, 2.75) is 25.8 Å². The highest BCUT2D eigenvalue weighted by Crippen LogP contribution is 2.28. The van der Waals surface area contributed by atoms with Crippen molar-refractivity contribution in [3.63, 3.8) is 0 Å². The standard InChI is InChI=1S/C15H15ClFN3/c1-10-3-2-8-20(10)14-9-13(18-15(16)19-14)11-4-6-12(17)7-5-11/h4-7,9-10H,2-3,8H2,1H3. The van der Waals surface area contributed by atoms with Gasteiger partial charge in [0.05, 0.1) is 5.69 Å². The van der Waals surface area contributed by atoms with Gasteiger partial charge in [0.2, 0.25) is 5.28 Å². The number of hydrogen-bond acceptors (Lipinski definition) is 3. The number of rotatable bonds is 2. The Morgan fingerprint density at radius 2 is 2.00 bits per heavy atom. The van der Waals surface area contributed by atoms with Crippen LogP contribution >= 0.6 is 11.6 Å². The predicted octanol–water partition coefficient (Wildman–Crippen LogP) is 3.92. The number of halogens is 2. The van der Waals surface area contributed by atoms with E-state index in [1.165, 1.54) is 12.1 Å². The smallest absolute Gasteiger partial charge is 0.224 e. The fraction of sp³-hybridized carbons (Fsp3) is 0.333. The minimum absolute atomic E-state index is 0.223. The van der Waals surface area contributed by atoms with Gasteiger partial charge >= 0.3 is 0 Å². The first-order chi connectivity index (χ1) is 9.63. The lowest BCUT2D eigenvalue weighted by Crippen LogP contribution is -2.27. The van der Waals surface area contributed by atoms with E-state index in [9.17, 15) is 4.39 Å². The zero-order valence-corrected chi connectivity index (χ0v) is 11.9. The van der Waals surface area contributed by atoms with Crippen LogP contribution < -0.4 is 4.90 Å². The molecule has 1 atom stereocenters. The molecular weight excluding hydrogens is 277 g/mol. The normalized spacial score (nSPS) is 18.6. The lowest BCUT2D eigenvalue weighted by molar-refractivity contribution is 0.628. The maximum Gasteiger partial charge on any atom is 0.224 e. The summed E-state index contributed by atoms with van der Waals surface area (Å²) < 4.78 is 13.0. The summed E-state index contributed by atoms with van der Waals surface area (Å²) in [6, 6.07) is 8.62. The van der Waals surface area contributed by atoms with E-state index in [-0.39, 0.29) is 11.1 Å². The van der Waals surface area contributed by atoms with Crippen molar-refractivity contribution in [2.75, 3.05) is 11.4 Å². The molecule has 1 unspecified atom stereocenters. The topological polar surface area (TPSA) is 29.0 Å². The van der Waals surface area contributed by atoms with Crippen LogP contribution in [0.5, 0.6) is 0 Å². The lowest BCUT2D eigenvalue weighted by Gasteiger charge is -2.22. The average Bonchev–Trinajstić information content (AvgIpc) is 2.85.